The van der Waals surface area contributed by atoms with E-state index in [0.29, 0.717) is 0 Å². The number of nitrogens with zero attached hydrogens (tertiary/aromatic N) is 1. The van der Waals surface area contributed by atoms with Gasteiger partial charge in [-0.2, -0.15) is 11.8 Å². The average Bonchev–Trinajstić information content (AvgIpc) is 2.67. The fourth-order valence-corrected chi connectivity index (χ4v) is 4.06. The lowest BCUT2D eigenvalue weighted by Gasteiger charge is -2.13. The molecule has 3 nitrogen and oxygen atoms in total. The van der Waals surface area contributed by atoms with Crippen molar-refractivity contribution < 1.29 is 0 Å². The summed E-state index contributed by atoms with van der Waals surface area (Å²) in [6.07, 6.45) is 4.72. The second-order valence-corrected chi connectivity index (χ2v) is 8.07. The predicted octanol–water partition coefficient (Wildman–Crippen LogP) is 5.88. The molecule has 0 amide bonds. The summed E-state index contributed by atoms with van der Waals surface area (Å²) in [6, 6.07) is 16.3. The van der Waals surface area contributed by atoms with Gasteiger partial charge in [0.25, 0.3) is 0 Å². The molecule has 0 saturated carbocycles. The summed E-state index contributed by atoms with van der Waals surface area (Å²) < 4.78 is 0. The average molecular weight is 388 g/mol. The number of hydrogen-bond donors (Lipinski definition) is 2. The number of nitrogens with one attached hydrogen (secondary N) is 2. The van der Waals surface area contributed by atoms with Crippen LogP contribution in [0.15, 0.2) is 53.5 Å². The summed E-state index contributed by atoms with van der Waals surface area (Å²) in [7, 11) is 0. The van der Waals surface area contributed by atoms with Crippen LogP contribution >= 0.6 is 23.4 Å². The van der Waals surface area contributed by atoms with E-state index in [9.17, 15) is 0 Å². The Labute approximate surface area is 165 Å². The summed E-state index contributed by atoms with van der Waals surface area (Å²) >= 11 is 8.12. The van der Waals surface area contributed by atoms with Gasteiger partial charge in [0.15, 0.2) is 0 Å². The third-order valence-electron chi connectivity index (χ3n) is 4.31. The van der Waals surface area contributed by atoms with Crippen molar-refractivity contribution in [2.45, 2.75) is 32.2 Å². The van der Waals surface area contributed by atoms with E-state index in [1.165, 1.54) is 30.6 Å². The maximum absolute atomic E-state index is 6.10. The molecule has 1 aliphatic rings. The minimum atomic E-state index is 0.736. The molecule has 0 radical (unpaired) electrons. The third kappa shape index (κ3) is 6.26. The van der Waals surface area contributed by atoms with Gasteiger partial charge in [0.2, 0.25) is 0 Å². The normalized spacial score (nSPS) is 18.1. The van der Waals surface area contributed by atoms with Crippen LogP contribution in [-0.2, 0) is 6.54 Å². The smallest absolute Gasteiger partial charge is 0.103 e. The third-order valence-corrected chi connectivity index (χ3v) is 5.61. The van der Waals surface area contributed by atoms with Crippen molar-refractivity contribution in [3.05, 3.63) is 59.1 Å². The number of halogens is 1. The molecule has 3 rings (SSSR count). The molecule has 2 aromatic carbocycles. The van der Waals surface area contributed by atoms with Crippen LogP contribution in [0.3, 0.4) is 0 Å². The maximum atomic E-state index is 6.10. The molecular weight excluding hydrogens is 362 g/mol. The van der Waals surface area contributed by atoms with E-state index in [-0.39, 0.29) is 0 Å². The number of benzene rings is 2. The summed E-state index contributed by atoms with van der Waals surface area (Å²) in [5, 5.41) is 7.84. The first-order chi connectivity index (χ1) is 12.8. The molecule has 0 saturated heterocycles. The lowest BCUT2D eigenvalue weighted by atomic mass is 10.2. The van der Waals surface area contributed by atoms with E-state index in [0.717, 1.165) is 47.5 Å². The van der Waals surface area contributed by atoms with Gasteiger partial charge in [-0.3, -0.25) is 0 Å². The Kier molecular flexibility index (Phi) is 7.71. The summed E-state index contributed by atoms with van der Waals surface area (Å²) in [5.74, 6) is 3.36. The Morgan fingerprint density at radius 2 is 1.96 bits per heavy atom. The number of fused-ring (bicyclic) bond motifs is 1. The highest BCUT2D eigenvalue weighted by atomic mass is 35.5. The number of rotatable bonds is 2. The fourth-order valence-electron chi connectivity index (χ4n) is 2.90. The van der Waals surface area contributed by atoms with Crippen LogP contribution in [-0.4, -0.2) is 23.9 Å². The Morgan fingerprint density at radius 1 is 1.04 bits per heavy atom. The molecule has 0 spiro atoms. The maximum Gasteiger partial charge on any atom is 0.103 e. The zero-order valence-electron chi connectivity index (χ0n) is 15.0. The van der Waals surface area contributed by atoms with E-state index >= 15 is 0 Å². The van der Waals surface area contributed by atoms with E-state index in [1.54, 1.807) is 0 Å². The van der Waals surface area contributed by atoms with Crippen molar-refractivity contribution in [3.8, 4) is 0 Å². The Hall–Kier alpha value is -1.65. The fraction of sp³-hybridized carbons (Fsp3) is 0.381. The van der Waals surface area contributed by atoms with Crippen LogP contribution in [0.5, 0.6) is 0 Å². The SMILES string of the molecule is Clc1cccc(CN/C2=N/c3ccccc3NCCCCCSCC2)c1. The standard InChI is InChI=1S/C21H26ClN3S/c22-18-8-6-7-17(15-18)16-24-21-11-14-26-13-5-1-4-12-23-19-9-2-3-10-20(19)25-21/h2-3,6-10,15,23H,1,4-5,11-14,16H2,(H,24,25). The molecule has 1 heterocycles. The molecule has 1 aliphatic heterocycles. The Bertz CT molecular complexity index is 733. The van der Waals surface area contributed by atoms with Crippen molar-refractivity contribution in [3.63, 3.8) is 0 Å². The van der Waals surface area contributed by atoms with E-state index in [4.69, 9.17) is 16.6 Å². The van der Waals surface area contributed by atoms with Gasteiger partial charge in [-0.15, -0.1) is 0 Å². The lowest BCUT2D eigenvalue weighted by Crippen LogP contribution is -2.23. The molecule has 0 bridgehead atoms. The van der Waals surface area contributed by atoms with Gasteiger partial charge >= 0.3 is 0 Å². The summed E-state index contributed by atoms with van der Waals surface area (Å²) in [6.45, 7) is 1.74. The number of thioether (sulfide) groups is 1. The van der Waals surface area contributed by atoms with Gasteiger partial charge in [0, 0.05) is 30.3 Å². The molecule has 0 aliphatic carbocycles. The second-order valence-electron chi connectivity index (χ2n) is 6.41. The van der Waals surface area contributed by atoms with Crippen LogP contribution in [0.4, 0.5) is 11.4 Å². The largest absolute Gasteiger partial charge is 0.383 e. The molecule has 2 N–H and O–H groups in total. The monoisotopic (exact) mass is 387 g/mol. The van der Waals surface area contributed by atoms with Crippen LogP contribution in [0, 0.1) is 0 Å². The van der Waals surface area contributed by atoms with Crippen molar-refractivity contribution in [1.29, 1.82) is 0 Å². The number of anilines is 1. The van der Waals surface area contributed by atoms with E-state index in [2.05, 4.69) is 34.9 Å². The van der Waals surface area contributed by atoms with Gasteiger partial charge in [0.1, 0.15) is 5.84 Å². The first kappa shape index (κ1) is 19.1. The summed E-state index contributed by atoms with van der Waals surface area (Å²) in [5.41, 5.74) is 3.29. The van der Waals surface area contributed by atoms with Crippen molar-refractivity contribution >= 4 is 40.6 Å². The second kappa shape index (κ2) is 10.5. The molecular formula is C21H26ClN3S. The quantitative estimate of drug-likeness (QED) is 0.675. The molecule has 5 heteroatoms. The number of amidine groups is 1. The Balaban J connectivity index is 1.76. The lowest BCUT2D eigenvalue weighted by molar-refractivity contribution is 0.749. The van der Waals surface area contributed by atoms with Gasteiger partial charge in [-0.05, 0) is 48.4 Å². The Morgan fingerprint density at radius 3 is 2.88 bits per heavy atom. The van der Waals surface area contributed by atoms with E-state index in [1.807, 2.05) is 36.0 Å². The molecule has 0 unspecified atom stereocenters. The van der Waals surface area contributed by atoms with Crippen molar-refractivity contribution in [2.75, 3.05) is 23.4 Å². The van der Waals surface area contributed by atoms with Crippen molar-refractivity contribution in [1.82, 2.24) is 5.32 Å². The highest BCUT2D eigenvalue weighted by Crippen LogP contribution is 2.25. The zero-order chi connectivity index (χ0) is 18.0. The molecule has 26 heavy (non-hydrogen) atoms. The van der Waals surface area contributed by atoms with Gasteiger partial charge in [-0.1, -0.05) is 42.3 Å². The minimum Gasteiger partial charge on any atom is -0.383 e. The van der Waals surface area contributed by atoms with Crippen LogP contribution < -0.4 is 10.6 Å². The van der Waals surface area contributed by atoms with Crippen LogP contribution in [0.25, 0.3) is 0 Å². The van der Waals surface area contributed by atoms with Gasteiger partial charge in [0.05, 0.1) is 11.4 Å². The van der Waals surface area contributed by atoms with E-state index < -0.39 is 0 Å². The number of aliphatic imine (C=N–C) groups is 1. The highest BCUT2D eigenvalue weighted by molar-refractivity contribution is 7.99. The molecule has 0 aromatic heterocycles. The summed E-state index contributed by atoms with van der Waals surface area (Å²) in [4.78, 5) is 4.94. The number of para-hydroxylation sites is 2. The molecule has 138 valence electrons. The molecule has 0 atom stereocenters. The minimum absolute atomic E-state index is 0.736. The van der Waals surface area contributed by atoms with Gasteiger partial charge < -0.3 is 10.6 Å². The first-order valence-electron chi connectivity index (χ1n) is 9.28. The van der Waals surface area contributed by atoms with Crippen molar-refractivity contribution in [2.24, 2.45) is 4.99 Å². The molecule has 0 fully saturated rings. The predicted molar refractivity (Wildman–Crippen MR) is 116 cm³/mol. The topological polar surface area (TPSA) is 36.4 Å². The van der Waals surface area contributed by atoms with Gasteiger partial charge in [-0.25, -0.2) is 4.99 Å². The highest BCUT2D eigenvalue weighted by Gasteiger charge is 2.06. The first-order valence-corrected chi connectivity index (χ1v) is 10.8. The zero-order valence-corrected chi connectivity index (χ0v) is 16.6. The van der Waals surface area contributed by atoms with Crippen LogP contribution in [0.1, 0.15) is 31.2 Å². The van der Waals surface area contributed by atoms with Crippen LogP contribution in [0.2, 0.25) is 5.02 Å². The molecule has 2 aromatic rings. The number of hydrogen-bond acceptors (Lipinski definition) is 4.